The number of aromatic nitrogens is 3. The molecule has 3 N–H and O–H groups in total. The van der Waals surface area contributed by atoms with E-state index >= 15 is 0 Å². The van der Waals surface area contributed by atoms with Crippen LogP contribution in [0.4, 0.5) is 5.82 Å². The number of aliphatic hydroxyl groups excluding tert-OH is 1. The van der Waals surface area contributed by atoms with Gasteiger partial charge in [-0.25, -0.2) is 9.97 Å². The highest BCUT2D eigenvalue weighted by atomic mass is 16.5. The predicted octanol–water partition coefficient (Wildman–Crippen LogP) is 6.37. The SMILES string of the molecule is CNc1nc(-c2cnc3ccccc3c2)nc2c1CCN(C(=O)c1ccc(COc3ccc(C#CCN4CCN(CCCCCCOc5cccc6c5C(=O)N(C5CCC(=O)NC5=O)C6O)CC4)cc3)cc1)C2. The summed E-state index contributed by atoms with van der Waals surface area (Å²) in [5.41, 5.74) is 6.83. The highest BCUT2D eigenvalue weighted by Gasteiger charge is 2.45. The quantitative estimate of drug-likeness (QED) is 0.0553. The Morgan fingerprint density at radius 1 is 0.849 bits per heavy atom. The van der Waals surface area contributed by atoms with Crippen LogP contribution in [0.25, 0.3) is 22.3 Å². The van der Waals surface area contributed by atoms with E-state index in [1.807, 2.05) is 90.8 Å². The second-order valence-electron chi connectivity index (χ2n) is 18.9. The second-order valence-corrected chi connectivity index (χ2v) is 18.9. The molecule has 4 aliphatic heterocycles. The lowest BCUT2D eigenvalue weighted by atomic mass is 10.0. The van der Waals surface area contributed by atoms with Crippen LogP contribution in [-0.4, -0.2) is 129 Å². The molecule has 2 fully saturated rings. The number of imide groups is 1. The molecule has 2 atom stereocenters. The molecule has 16 nitrogen and oxygen atoms in total. The van der Waals surface area contributed by atoms with E-state index in [1.165, 1.54) is 0 Å². The Morgan fingerprint density at radius 2 is 1.64 bits per heavy atom. The zero-order valence-electron chi connectivity index (χ0n) is 41.0. The van der Waals surface area contributed by atoms with Gasteiger partial charge in [-0.05, 0) is 92.4 Å². The molecular weight excluding hydrogens is 923 g/mol. The van der Waals surface area contributed by atoms with E-state index in [1.54, 1.807) is 24.4 Å². The normalized spacial score (nSPS) is 17.9. The number of para-hydroxylation sites is 1. The van der Waals surface area contributed by atoms with E-state index in [4.69, 9.17) is 19.4 Å². The number of anilines is 1. The number of rotatable bonds is 16. The molecule has 0 aliphatic carbocycles. The topological polar surface area (TPSA) is 183 Å². The number of hydrogen-bond acceptors (Lipinski definition) is 13. The lowest BCUT2D eigenvalue weighted by Crippen LogP contribution is -2.53. The zero-order valence-corrected chi connectivity index (χ0v) is 41.0. The Kier molecular flexibility index (Phi) is 15.0. The van der Waals surface area contributed by atoms with E-state index in [-0.39, 0.29) is 30.2 Å². The molecule has 0 radical (unpaired) electrons. The summed E-state index contributed by atoms with van der Waals surface area (Å²) in [6.45, 7) is 7.53. The van der Waals surface area contributed by atoms with Gasteiger partial charge >= 0.3 is 0 Å². The lowest BCUT2D eigenvalue weighted by Gasteiger charge is -2.33. The van der Waals surface area contributed by atoms with Crippen molar-refractivity contribution < 1.29 is 33.8 Å². The van der Waals surface area contributed by atoms with Gasteiger partial charge < -0.3 is 29.7 Å². The first-order valence-electron chi connectivity index (χ1n) is 25.3. The van der Waals surface area contributed by atoms with Gasteiger partial charge in [0.2, 0.25) is 11.8 Å². The second kappa shape index (κ2) is 22.4. The molecule has 0 saturated carbocycles. The minimum atomic E-state index is -1.27. The van der Waals surface area contributed by atoms with Gasteiger partial charge in [-0.2, -0.15) is 0 Å². The van der Waals surface area contributed by atoms with Crippen molar-refractivity contribution in [2.75, 3.05) is 64.8 Å². The number of carbonyl (C=O) groups excluding carboxylic acids is 4. The van der Waals surface area contributed by atoms with E-state index in [9.17, 15) is 24.3 Å². The molecule has 6 aromatic rings. The molecule has 6 heterocycles. The van der Waals surface area contributed by atoms with Gasteiger partial charge in [0.15, 0.2) is 12.1 Å². The average molecular weight is 982 g/mol. The number of piperidine rings is 1. The Bertz CT molecular complexity index is 3070. The van der Waals surface area contributed by atoms with Crippen molar-refractivity contribution in [1.29, 1.82) is 0 Å². The number of nitrogens with zero attached hydrogens (tertiary/aromatic N) is 7. The molecule has 0 spiro atoms. The monoisotopic (exact) mass is 981 g/mol. The van der Waals surface area contributed by atoms with E-state index in [2.05, 4.69) is 37.3 Å². The van der Waals surface area contributed by atoms with Gasteiger partial charge in [0.05, 0.1) is 36.5 Å². The summed E-state index contributed by atoms with van der Waals surface area (Å²) < 4.78 is 12.1. The summed E-state index contributed by atoms with van der Waals surface area (Å²) in [5.74, 6) is 7.72. The van der Waals surface area contributed by atoms with Crippen LogP contribution < -0.4 is 20.1 Å². The highest BCUT2D eigenvalue weighted by molar-refractivity contribution is 6.07. The lowest BCUT2D eigenvalue weighted by molar-refractivity contribution is -0.139. The van der Waals surface area contributed by atoms with Crippen molar-refractivity contribution in [3.05, 3.63) is 142 Å². The Hall–Kier alpha value is -7.71. The molecule has 73 heavy (non-hydrogen) atoms. The van der Waals surface area contributed by atoms with Crippen molar-refractivity contribution in [3.8, 4) is 34.7 Å². The van der Waals surface area contributed by atoms with Crippen molar-refractivity contribution in [1.82, 2.24) is 39.9 Å². The molecule has 2 saturated heterocycles. The third-order valence-electron chi connectivity index (χ3n) is 14.1. The summed E-state index contributed by atoms with van der Waals surface area (Å²) >= 11 is 0. The van der Waals surface area contributed by atoms with Gasteiger partial charge in [-0.15, -0.1) is 0 Å². The van der Waals surface area contributed by atoms with Gasteiger partial charge in [0, 0.05) is 85.6 Å². The molecule has 4 amide bonds. The molecule has 0 bridgehead atoms. The predicted molar refractivity (Wildman–Crippen MR) is 275 cm³/mol. The maximum atomic E-state index is 13.7. The summed E-state index contributed by atoms with van der Waals surface area (Å²) in [6.07, 6.45) is 5.47. The van der Waals surface area contributed by atoms with E-state index in [0.29, 0.717) is 55.4 Å². The maximum Gasteiger partial charge on any atom is 0.261 e. The number of fused-ring (bicyclic) bond motifs is 3. The minimum absolute atomic E-state index is 0.0398. The summed E-state index contributed by atoms with van der Waals surface area (Å²) in [6, 6.07) is 29.7. The van der Waals surface area contributed by atoms with Crippen LogP contribution in [0.3, 0.4) is 0 Å². The van der Waals surface area contributed by atoms with E-state index < -0.39 is 24.1 Å². The first-order valence-corrected chi connectivity index (χ1v) is 25.3. The fraction of sp³-hybridized carbons (Fsp3) is 0.351. The van der Waals surface area contributed by atoms with Crippen LogP contribution in [0, 0.1) is 11.8 Å². The summed E-state index contributed by atoms with van der Waals surface area (Å²) in [5, 5.41) is 17.5. The molecular formula is C57H59N9O7. The average Bonchev–Trinajstić information content (AvgIpc) is 3.68. The van der Waals surface area contributed by atoms with Gasteiger partial charge in [0.1, 0.15) is 30.0 Å². The van der Waals surface area contributed by atoms with Crippen LogP contribution in [0.2, 0.25) is 0 Å². The van der Waals surface area contributed by atoms with Crippen molar-refractivity contribution >= 4 is 40.3 Å². The Balaban J connectivity index is 0.609. The Labute approximate surface area is 424 Å². The van der Waals surface area contributed by atoms with Gasteiger partial charge in [-0.3, -0.25) is 39.3 Å². The van der Waals surface area contributed by atoms with Crippen LogP contribution in [-0.2, 0) is 29.2 Å². The number of amides is 4. The first-order chi connectivity index (χ1) is 35.7. The summed E-state index contributed by atoms with van der Waals surface area (Å²) in [7, 11) is 1.86. The fourth-order valence-electron chi connectivity index (χ4n) is 10.0. The molecule has 2 aromatic heterocycles. The number of benzene rings is 4. The minimum Gasteiger partial charge on any atom is -0.493 e. The van der Waals surface area contributed by atoms with Gasteiger partial charge in [-0.1, -0.05) is 67.1 Å². The Morgan fingerprint density at radius 3 is 2.45 bits per heavy atom. The third kappa shape index (κ3) is 11.2. The third-order valence-corrected chi connectivity index (χ3v) is 14.1. The van der Waals surface area contributed by atoms with Crippen LogP contribution >= 0.6 is 0 Å². The van der Waals surface area contributed by atoms with Crippen LogP contribution in [0.1, 0.15) is 93.4 Å². The summed E-state index contributed by atoms with van der Waals surface area (Å²) in [4.78, 5) is 73.5. The largest absolute Gasteiger partial charge is 0.493 e. The number of nitrogens with one attached hydrogen (secondary N) is 2. The zero-order chi connectivity index (χ0) is 50.3. The number of carbonyl (C=O) groups is 4. The van der Waals surface area contributed by atoms with Crippen molar-refractivity contribution in [2.24, 2.45) is 0 Å². The molecule has 374 valence electrons. The molecule has 10 rings (SSSR count). The number of piperazine rings is 1. The first kappa shape index (κ1) is 48.9. The number of unbranched alkanes of at least 4 members (excludes halogenated alkanes) is 3. The smallest absolute Gasteiger partial charge is 0.261 e. The molecule has 4 aliphatic rings. The van der Waals surface area contributed by atoms with Gasteiger partial charge in [0.25, 0.3) is 11.8 Å². The number of aliphatic hydroxyl groups is 1. The molecule has 4 aromatic carbocycles. The standard InChI is InChI=1S/C57H59N9O7/c1-58-53-44-25-28-65(36-47(44)60-52(62-53)42-34-41-11-4-5-13-46(41)59-35-42)55(69)40-19-15-39(16-20-40)37-73-43-21-17-38(18-22-43)10-9-27-64-31-29-63(30-32-64)26-6-2-3-7-33-72-49-14-8-12-45-51(49)57(71)66(56(45)70)48-23-24-50(67)61-54(48)68/h4-5,8,11-22,34-35,48,56,70H,2-3,6-7,23-33,36-37H2,1H3,(H,58,60,62)(H,61,67,68). The fourth-order valence-corrected chi connectivity index (χ4v) is 10.0. The van der Waals surface area contributed by atoms with Crippen LogP contribution in [0.15, 0.2) is 103 Å². The molecule has 16 heteroatoms. The highest BCUT2D eigenvalue weighted by Crippen LogP contribution is 2.40. The molecule has 2 unspecified atom stereocenters. The van der Waals surface area contributed by atoms with Crippen LogP contribution in [0.5, 0.6) is 11.5 Å². The van der Waals surface area contributed by atoms with Crippen molar-refractivity contribution in [3.63, 3.8) is 0 Å². The number of ether oxygens (including phenoxy) is 2. The maximum absolute atomic E-state index is 13.7. The van der Waals surface area contributed by atoms with Crippen molar-refractivity contribution in [2.45, 2.75) is 70.4 Å². The van der Waals surface area contributed by atoms with E-state index in [0.717, 1.165) is 120 Å². The number of hydrogen-bond donors (Lipinski definition) is 3. The number of pyridine rings is 1.